The normalized spacial score (nSPS) is 50.1. The van der Waals surface area contributed by atoms with Crippen LogP contribution in [0.5, 0.6) is 0 Å². The van der Waals surface area contributed by atoms with Crippen molar-refractivity contribution in [2.24, 2.45) is 0 Å². The smallest absolute Gasteiger partial charge is 0.249 e. The summed E-state index contributed by atoms with van der Waals surface area (Å²) in [6.45, 7) is -4.68. The molecule has 38 nitrogen and oxygen atoms in total. The molecular formula is C49H77NO37. The summed E-state index contributed by atoms with van der Waals surface area (Å²) in [5, 5.41) is 239. The molecule has 0 aromatic carbocycles. The van der Waals surface area contributed by atoms with E-state index in [2.05, 4.69) is 0 Å². The number of pyridine rings is 1. The second-order valence-corrected chi connectivity index (χ2v) is 21.8. The Bertz CT molecular complexity index is 2280. The third kappa shape index (κ3) is 15.0. The number of aromatic nitrogens is 1. The van der Waals surface area contributed by atoms with Crippen LogP contribution < -0.4 is 9.67 Å². The number of aliphatic hydroxyl groups is 20. The highest BCUT2D eigenvalue weighted by atomic mass is 16.8. The van der Waals surface area contributed by atoms with Crippen molar-refractivity contribution >= 4 is 6.16 Å². The SMILES string of the molecule is Cc1ccc[n+](C[C@@H]2O[C@@H]3O[C@H]4[C@@H](O)[C@H](O)[C@@H](O[C@H]5[C@H](O)[C@H](O)[C@@H](O[C@H]6[C@H](O)[C@@H](O)[C@@H](O[C@H]7[C@H](O)[C@@H](O)[C@@H](O[C@H]8[C@H](O)[C@@H](O)[C@@H](O[C@H]9[C@H](O)[C@@H](O)[C@@H](O[C@H]2[C@H](O)[C@H]3O)O[C@H]9CO)O[C@H]8CO)O[C@H]7CO)O[C@@H]6CO)O[C@@H]5CO)O[C@@H]4CO)c1.O=C([O-])O. The lowest BCUT2D eigenvalue weighted by atomic mass is 9.95. The number of aliphatic hydroxyl groups excluding tert-OH is 20. The predicted molar refractivity (Wildman–Crippen MR) is 261 cm³/mol. The summed E-state index contributed by atoms with van der Waals surface area (Å²) in [4.78, 5) is 8.44. The van der Waals surface area contributed by atoms with Gasteiger partial charge in [-0.25, -0.2) is 4.57 Å². The number of carboxylic acid groups (broad SMARTS) is 2. The van der Waals surface area contributed by atoms with Crippen molar-refractivity contribution < 1.29 is 188 Å². The van der Waals surface area contributed by atoms with Crippen LogP contribution in [0, 0.1) is 6.92 Å². The Balaban J connectivity index is 0.00000238. The number of rotatable bonds is 8. The van der Waals surface area contributed by atoms with Gasteiger partial charge in [0.1, 0.15) is 171 Å². The topological polar surface area (TPSA) is 598 Å². The van der Waals surface area contributed by atoms with E-state index < -0.39 is 261 Å². The fourth-order valence-electron chi connectivity index (χ4n) is 11.4. The fraction of sp³-hybridized carbons (Fsp3) is 0.878. The van der Waals surface area contributed by atoms with Crippen molar-refractivity contribution in [3.05, 3.63) is 30.1 Å². The first-order valence-corrected chi connectivity index (χ1v) is 27.5. The zero-order valence-electron chi connectivity index (χ0n) is 45.8. The lowest BCUT2D eigenvalue weighted by molar-refractivity contribution is -0.708. The highest BCUT2D eigenvalue weighted by Gasteiger charge is 2.60. The maximum absolute atomic E-state index is 11.8. The van der Waals surface area contributed by atoms with Crippen LogP contribution in [0.4, 0.5) is 4.79 Å². The van der Waals surface area contributed by atoms with E-state index in [1.807, 2.05) is 0 Å². The summed E-state index contributed by atoms with van der Waals surface area (Å²) in [6.07, 6.45) is -68.1. The van der Waals surface area contributed by atoms with Crippen molar-refractivity contribution in [1.29, 1.82) is 0 Å². The van der Waals surface area contributed by atoms with Gasteiger partial charge in [-0.3, -0.25) is 0 Å². The van der Waals surface area contributed by atoms with E-state index in [-0.39, 0.29) is 6.54 Å². The summed E-state index contributed by atoms with van der Waals surface area (Å²) in [7, 11) is 0. The summed E-state index contributed by atoms with van der Waals surface area (Å²) in [5.41, 5.74) is 0.735. The zero-order chi connectivity index (χ0) is 63.6. The van der Waals surface area contributed by atoms with E-state index in [1.165, 1.54) is 0 Å². The third-order valence-corrected chi connectivity index (χ3v) is 16.0. The molecule has 1 aromatic rings. The fourth-order valence-corrected chi connectivity index (χ4v) is 11.4. The summed E-state index contributed by atoms with van der Waals surface area (Å²) >= 11 is 0. The zero-order valence-corrected chi connectivity index (χ0v) is 45.8. The monoisotopic (exact) mass is 1270 g/mol. The summed E-state index contributed by atoms with van der Waals surface area (Å²) in [5.74, 6) is 0. The minimum absolute atomic E-state index is 0.240. The van der Waals surface area contributed by atoms with Gasteiger partial charge in [0, 0.05) is 11.6 Å². The number of aryl methyl sites for hydroxylation is 1. The first kappa shape index (κ1) is 69.9. The second-order valence-electron chi connectivity index (χ2n) is 21.8. The summed E-state index contributed by atoms with van der Waals surface area (Å²) in [6, 6.07) is 3.41. The molecule has 22 rings (SSSR count). The van der Waals surface area contributed by atoms with Crippen molar-refractivity contribution in [3.63, 3.8) is 0 Å². The predicted octanol–water partition coefficient (Wildman–Crippen LogP) is -15.0. The molecule has 21 aliphatic rings. The molecule has 0 aliphatic carbocycles. The lowest BCUT2D eigenvalue weighted by Crippen LogP contribution is -2.68. The number of hydrogen-bond acceptors (Lipinski definition) is 36. The molecule has 21 aliphatic heterocycles. The van der Waals surface area contributed by atoms with Gasteiger partial charge < -0.3 is 183 Å². The molecule has 0 spiro atoms. The quantitative estimate of drug-likeness (QED) is 0.107. The lowest BCUT2D eigenvalue weighted by Gasteiger charge is -2.50. The number of nitrogens with zero attached hydrogens (tertiary/aromatic N) is 1. The molecule has 0 unspecified atom stereocenters. The molecule has 0 saturated carbocycles. The van der Waals surface area contributed by atoms with Gasteiger partial charge in [0.15, 0.2) is 63.0 Å². The van der Waals surface area contributed by atoms with Crippen molar-refractivity contribution in [2.45, 2.75) is 228 Å². The Morgan fingerprint density at radius 1 is 0.356 bits per heavy atom. The molecule has 87 heavy (non-hydrogen) atoms. The third-order valence-electron chi connectivity index (χ3n) is 16.0. The van der Waals surface area contributed by atoms with Gasteiger partial charge in [0.05, 0.1) is 39.6 Å². The maximum Gasteiger partial charge on any atom is 0.249 e. The van der Waals surface area contributed by atoms with Crippen LogP contribution in [-0.2, 0) is 72.9 Å². The van der Waals surface area contributed by atoms with Crippen molar-refractivity contribution in [1.82, 2.24) is 0 Å². The van der Waals surface area contributed by atoms with Gasteiger partial charge in [0.25, 0.3) is 0 Å². The van der Waals surface area contributed by atoms with Gasteiger partial charge in [-0.2, -0.15) is 0 Å². The molecule has 38 heteroatoms. The van der Waals surface area contributed by atoms with Crippen LogP contribution in [0.1, 0.15) is 5.56 Å². The van der Waals surface area contributed by atoms with Gasteiger partial charge in [0.2, 0.25) is 6.16 Å². The number of hydrogen-bond donors (Lipinski definition) is 21. The van der Waals surface area contributed by atoms with Crippen LogP contribution in [-0.4, -0.2) is 368 Å². The first-order valence-electron chi connectivity index (χ1n) is 27.5. The molecule has 0 amide bonds. The van der Waals surface area contributed by atoms with Crippen LogP contribution in [0.2, 0.25) is 0 Å². The van der Waals surface area contributed by atoms with Crippen LogP contribution >= 0.6 is 0 Å². The average Bonchev–Trinajstić information content (AvgIpc) is 1.37. The molecule has 14 bridgehead atoms. The molecule has 22 heterocycles. The molecule has 0 radical (unpaired) electrons. The van der Waals surface area contributed by atoms with Crippen LogP contribution in [0.15, 0.2) is 24.5 Å². The molecular weight excluding hydrogens is 1190 g/mol. The highest BCUT2D eigenvalue weighted by molar-refractivity contribution is 5.50. The second kappa shape index (κ2) is 30.2. The maximum atomic E-state index is 11.8. The van der Waals surface area contributed by atoms with Crippen LogP contribution in [0.25, 0.3) is 0 Å². The first-order chi connectivity index (χ1) is 41.3. The standard InChI is InChI=1S/C48H76NO34.CH2O3/c1-13-3-2-4-49(5-13)6-14-35-21(56)28(63)42(70-14)78-36-15(7-50)72-44(30(65)23(36)58)80-38-17(9-52)74-46(32(67)25(38)60)82-40-19(11-54)76-48(34(69)27(40)62)83-41-20(12-55)75-47(33(68)26(41)61)81-39-18(10-53)73-45(31(66)24(39)59)79-37-16(8-51)71-43(77-35)29(64)22(37)57;2-1(3)4/h2-5,14-48,50-69H,6-12H2,1H3;(H2,2,3,4)/q+1;/p-1/t14-,15+,16-,17+,18-,19+,20-,21+,22+,23-,24+,25+,26+,27+,28+,29+,30-,31+,32-,33+,34+,35+,36+,37+,38+,39+,40+,41+,42+,43+,44+,45+,46+,47+,48+;/m0./s1. The number of ether oxygens (including phenoxy) is 14. The van der Waals surface area contributed by atoms with Crippen molar-refractivity contribution in [2.75, 3.05) is 39.6 Å². The van der Waals surface area contributed by atoms with E-state index in [9.17, 15) is 102 Å². The molecule has 21 fully saturated rings. The van der Waals surface area contributed by atoms with E-state index in [0.717, 1.165) is 5.56 Å². The average molecular weight is 1270 g/mol. The Morgan fingerprint density at radius 2 is 0.540 bits per heavy atom. The summed E-state index contributed by atoms with van der Waals surface area (Å²) < 4.78 is 83.0. The van der Waals surface area contributed by atoms with Gasteiger partial charge in [-0.05, 0) is 13.0 Å². The van der Waals surface area contributed by atoms with E-state index in [4.69, 9.17) is 81.3 Å². The van der Waals surface area contributed by atoms with Gasteiger partial charge in [-0.1, -0.05) is 0 Å². The van der Waals surface area contributed by atoms with Gasteiger partial charge in [-0.15, -0.1) is 0 Å². The Hall–Kier alpha value is -2.94. The van der Waals surface area contributed by atoms with Crippen molar-refractivity contribution in [3.8, 4) is 0 Å². The molecule has 1 aromatic heterocycles. The molecule has 500 valence electrons. The Kier molecular flexibility index (Phi) is 24.3. The Labute approximate surface area is 491 Å². The van der Waals surface area contributed by atoms with Crippen LogP contribution in [0.3, 0.4) is 0 Å². The molecule has 21 saturated heterocycles. The molecule has 21 N–H and O–H groups in total. The van der Waals surface area contributed by atoms with Gasteiger partial charge >= 0.3 is 0 Å². The largest absolute Gasteiger partial charge is 0.565 e. The van der Waals surface area contributed by atoms with E-state index in [0.29, 0.717) is 0 Å². The minimum Gasteiger partial charge on any atom is -0.565 e. The number of carbonyl (C=O) groups is 1. The van der Waals surface area contributed by atoms with E-state index in [1.54, 1.807) is 36.0 Å². The Morgan fingerprint density at radius 3 is 0.724 bits per heavy atom. The minimum atomic E-state index is -2.20. The van der Waals surface area contributed by atoms with E-state index >= 15 is 0 Å². The molecule has 35 atom stereocenters. The highest BCUT2D eigenvalue weighted by Crippen LogP contribution is 2.39.